The Morgan fingerprint density at radius 3 is 2.47 bits per heavy atom. The van der Waals surface area contributed by atoms with E-state index in [1.165, 1.54) is 24.1 Å². The van der Waals surface area contributed by atoms with Gasteiger partial charge in [0.25, 0.3) is 0 Å². The Balaban J connectivity index is 0.000000686. The summed E-state index contributed by atoms with van der Waals surface area (Å²) in [5.41, 5.74) is 2.44. The fourth-order valence-electron chi connectivity index (χ4n) is 2.25. The molecule has 1 saturated heterocycles. The number of benzene rings is 1. The molecule has 1 aromatic carbocycles. The van der Waals surface area contributed by atoms with Crippen molar-refractivity contribution in [1.82, 2.24) is 4.90 Å². The Labute approximate surface area is 106 Å². The number of piperidine rings is 1. The zero-order chi connectivity index (χ0) is 12.7. The van der Waals surface area contributed by atoms with E-state index in [-0.39, 0.29) is 0 Å². The Bertz CT molecular complexity index is 329. The molecule has 0 spiro atoms. The van der Waals surface area contributed by atoms with E-state index in [0.717, 1.165) is 19.0 Å². The predicted molar refractivity (Wildman–Crippen MR) is 76.8 cm³/mol. The topological polar surface area (TPSA) is 3.24 Å². The first kappa shape index (κ1) is 13.8. The molecule has 0 bridgehead atoms. The zero-order valence-electron chi connectivity index (χ0n) is 11.4. The lowest BCUT2D eigenvalue weighted by atomic mass is 9.99. The molecular weight excluding hydrogens is 206 g/mol. The third-order valence-electron chi connectivity index (χ3n) is 3.15. The number of likely N-dealkylation sites (tertiary alicyclic amines) is 1. The smallest absolute Gasteiger partial charge is 0.0366 e. The molecule has 0 aliphatic carbocycles. The van der Waals surface area contributed by atoms with Crippen LogP contribution in [-0.4, -0.2) is 18.0 Å². The molecule has 2 rings (SSSR count). The zero-order valence-corrected chi connectivity index (χ0v) is 11.4. The Kier molecular flexibility index (Phi) is 5.82. The standard InChI is InChI=1S/C14H19N.C2H6/c1-12-7-6-10-15(11-12)13(2)14-8-4-3-5-9-14;1-2/h3-5,8-9,12H,2,6-7,10-11H2,1H3;1-2H3/t12-;/m0./s1. The van der Waals surface area contributed by atoms with Gasteiger partial charge in [0.15, 0.2) is 0 Å². The van der Waals surface area contributed by atoms with Crippen LogP contribution in [0.1, 0.15) is 39.2 Å². The summed E-state index contributed by atoms with van der Waals surface area (Å²) >= 11 is 0. The van der Waals surface area contributed by atoms with E-state index in [9.17, 15) is 0 Å². The van der Waals surface area contributed by atoms with Crippen LogP contribution in [0.3, 0.4) is 0 Å². The lowest BCUT2D eigenvalue weighted by Crippen LogP contribution is -2.32. The van der Waals surface area contributed by atoms with Crippen LogP contribution >= 0.6 is 0 Å². The van der Waals surface area contributed by atoms with Crippen molar-refractivity contribution in [2.75, 3.05) is 13.1 Å². The van der Waals surface area contributed by atoms with Gasteiger partial charge in [-0.3, -0.25) is 0 Å². The van der Waals surface area contributed by atoms with Crippen LogP contribution in [0.5, 0.6) is 0 Å². The van der Waals surface area contributed by atoms with Crippen LogP contribution in [-0.2, 0) is 0 Å². The van der Waals surface area contributed by atoms with Gasteiger partial charge in [-0.2, -0.15) is 0 Å². The quantitative estimate of drug-likeness (QED) is 0.728. The van der Waals surface area contributed by atoms with Gasteiger partial charge in [-0.05, 0) is 24.3 Å². The predicted octanol–water partition coefficient (Wildman–Crippen LogP) is 4.42. The van der Waals surface area contributed by atoms with E-state index in [4.69, 9.17) is 0 Å². The monoisotopic (exact) mass is 231 g/mol. The van der Waals surface area contributed by atoms with Gasteiger partial charge in [0.2, 0.25) is 0 Å². The second-order valence-corrected chi connectivity index (χ2v) is 4.51. The van der Waals surface area contributed by atoms with E-state index in [2.05, 4.69) is 48.7 Å². The Hall–Kier alpha value is -1.24. The van der Waals surface area contributed by atoms with Crippen LogP contribution in [0.25, 0.3) is 5.70 Å². The molecule has 1 heteroatoms. The summed E-state index contributed by atoms with van der Waals surface area (Å²) in [6.45, 7) is 12.9. The lowest BCUT2D eigenvalue weighted by Gasteiger charge is -2.34. The highest BCUT2D eigenvalue weighted by atomic mass is 15.1. The molecule has 1 atom stereocenters. The number of hydrogen-bond donors (Lipinski definition) is 0. The second kappa shape index (κ2) is 7.16. The van der Waals surface area contributed by atoms with Crippen molar-refractivity contribution in [2.24, 2.45) is 5.92 Å². The van der Waals surface area contributed by atoms with E-state index in [1.54, 1.807) is 0 Å². The molecule has 1 nitrogen and oxygen atoms in total. The summed E-state index contributed by atoms with van der Waals surface area (Å²) in [6, 6.07) is 10.5. The van der Waals surface area contributed by atoms with E-state index < -0.39 is 0 Å². The maximum Gasteiger partial charge on any atom is 0.0366 e. The van der Waals surface area contributed by atoms with Gasteiger partial charge in [0, 0.05) is 18.8 Å². The molecule has 0 N–H and O–H groups in total. The third kappa shape index (κ3) is 3.92. The van der Waals surface area contributed by atoms with Gasteiger partial charge in [0.1, 0.15) is 0 Å². The van der Waals surface area contributed by atoms with Gasteiger partial charge in [-0.15, -0.1) is 0 Å². The van der Waals surface area contributed by atoms with Gasteiger partial charge in [-0.25, -0.2) is 0 Å². The Morgan fingerprint density at radius 2 is 1.88 bits per heavy atom. The minimum Gasteiger partial charge on any atom is -0.371 e. The average molecular weight is 231 g/mol. The van der Waals surface area contributed by atoms with E-state index >= 15 is 0 Å². The molecule has 1 aliphatic heterocycles. The van der Waals surface area contributed by atoms with Crippen LogP contribution in [0.4, 0.5) is 0 Å². The highest BCUT2D eigenvalue weighted by Gasteiger charge is 2.17. The van der Waals surface area contributed by atoms with Crippen molar-refractivity contribution >= 4 is 5.70 Å². The van der Waals surface area contributed by atoms with Gasteiger partial charge < -0.3 is 4.90 Å². The van der Waals surface area contributed by atoms with Gasteiger partial charge >= 0.3 is 0 Å². The van der Waals surface area contributed by atoms with E-state index in [1.807, 2.05) is 13.8 Å². The van der Waals surface area contributed by atoms with Crippen molar-refractivity contribution in [2.45, 2.75) is 33.6 Å². The minimum atomic E-state index is 0.805. The van der Waals surface area contributed by atoms with Crippen LogP contribution < -0.4 is 0 Å². The maximum absolute atomic E-state index is 4.21. The molecule has 17 heavy (non-hydrogen) atoms. The Morgan fingerprint density at radius 1 is 1.24 bits per heavy atom. The van der Waals surface area contributed by atoms with Crippen LogP contribution in [0, 0.1) is 5.92 Å². The third-order valence-corrected chi connectivity index (χ3v) is 3.15. The molecule has 0 saturated carbocycles. The maximum atomic E-state index is 4.21. The first-order chi connectivity index (χ1) is 8.27. The molecular formula is C16H25N. The first-order valence-electron chi connectivity index (χ1n) is 6.76. The van der Waals surface area contributed by atoms with Crippen molar-refractivity contribution in [3.63, 3.8) is 0 Å². The van der Waals surface area contributed by atoms with Crippen LogP contribution in [0.2, 0.25) is 0 Å². The average Bonchev–Trinajstić information content (AvgIpc) is 2.41. The van der Waals surface area contributed by atoms with Crippen molar-refractivity contribution in [3.05, 3.63) is 42.5 Å². The van der Waals surface area contributed by atoms with Crippen molar-refractivity contribution in [3.8, 4) is 0 Å². The largest absolute Gasteiger partial charge is 0.371 e. The molecule has 94 valence electrons. The highest BCUT2D eigenvalue weighted by molar-refractivity contribution is 5.61. The second-order valence-electron chi connectivity index (χ2n) is 4.51. The summed E-state index contributed by atoms with van der Waals surface area (Å²) < 4.78 is 0. The van der Waals surface area contributed by atoms with Crippen molar-refractivity contribution in [1.29, 1.82) is 0 Å². The molecule has 0 unspecified atom stereocenters. The van der Waals surface area contributed by atoms with Gasteiger partial charge in [-0.1, -0.05) is 57.7 Å². The number of nitrogens with zero attached hydrogens (tertiary/aromatic N) is 1. The summed E-state index contributed by atoms with van der Waals surface area (Å²) in [4.78, 5) is 2.42. The fraction of sp³-hybridized carbons (Fsp3) is 0.500. The molecule has 1 aliphatic rings. The van der Waals surface area contributed by atoms with Gasteiger partial charge in [0.05, 0.1) is 0 Å². The summed E-state index contributed by atoms with van der Waals surface area (Å²) in [7, 11) is 0. The summed E-state index contributed by atoms with van der Waals surface area (Å²) in [6.07, 6.45) is 2.66. The molecule has 1 heterocycles. The molecule has 0 amide bonds. The minimum absolute atomic E-state index is 0.805. The molecule has 0 aromatic heterocycles. The SMILES string of the molecule is C=C(c1ccccc1)N1CCC[C@H](C)C1.CC. The number of hydrogen-bond acceptors (Lipinski definition) is 1. The van der Waals surface area contributed by atoms with Crippen LogP contribution in [0.15, 0.2) is 36.9 Å². The lowest BCUT2D eigenvalue weighted by molar-refractivity contribution is 0.261. The summed E-state index contributed by atoms with van der Waals surface area (Å²) in [5.74, 6) is 0.805. The molecule has 1 fully saturated rings. The highest BCUT2D eigenvalue weighted by Crippen LogP contribution is 2.24. The van der Waals surface area contributed by atoms with Crippen molar-refractivity contribution < 1.29 is 0 Å². The summed E-state index contributed by atoms with van der Waals surface area (Å²) in [5, 5.41) is 0. The van der Waals surface area contributed by atoms with E-state index in [0.29, 0.717) is 0 Å². The normalized spacial score (nSPS) is 19.2. The fourth-order valence-corrected chi connectivity index (χ4v) is 2.25. The molecule has 1 aromatic rings. The first-order valence-corrected chi connectivity index (χ1v) is 6.76. The molecule has 0 radical (unpaired) electrons. The number of rotatable bonds is 2.